The van der Waals surface area contributed by atoms with Crippen LogP contribution in [0.2, 0.25) is 0 Å². The molecule has 1 aliphatic heterocycles. The highest BCUT2D eigenvalue weighted by Crippen LogP contribution is 2.33. The molecule has 0 aromatic carbocycles. The van der Waals surface area contributed by atoms with Crippen LogP contribution in [0.4, 0.5) is 0 Å². The fourth-order valence-corrected chi connectivity index (χ4v) is 3.08. The second-order valence-corrected chi connectivity index (χ2v) is 6.32. The SMILES string of the molecule is C[C@H]1CCC[C@H](C)N(C(=O)CC2(N)CCC2)C1. The molecule has 1 saturated heterocycles. The molecule has 3 heteroatoms. The molecular weight excluding hydrogens is 212 g/mol. The van der Waals surface area contributed by atoms with E-state index in [1.807, 2.05) is 0 Å². The van der Waals surface area contributed by atoms with Crippen molar-refractivity contribution in [3.05, 3.63) is 0 Å². The van der Waals surface area contributed by atoms with Gasteiger partial charge in [-0.2, -0.15) is 0 Å². The van der Waals surface area contributed by atoms with Crippen LogP contribution in [0.15, 0.2) is 0 Å². The number of nitrogens with two attached hydrogens (primary N) is 1. The summed E-state index contributed by atoms with van der Waals surface area (Å²) in [6.45, 7) is 5.36. The summed E-state index contributed by atoms with van der Waals surface area (Å²) in [6, 6.07) is 0.399. The number of hydrogen-bond donors (Lipinski definition) is 1. The third-order valence-electron chi connectivity index (χ3n) is 4.53. The quantitative estimate of drug-likeness (QED) is 0.802. The molecule has 0 spiro atoms. The third kappa shape index (κ3) is 3.01. The molecule has 0 aromatic heterocycles. The van der Waals surface area contributed by atoms with E-state index in [1.165, 1.54) is 19.3 Å². The lowest BCUT2D eigenvalue weighted by atomic mass is 9.75. The van der Waals surface area contributed by atoms with E-state index in [0.717, 1.165) is 25.8 Å². The number of carbonyl (C=O) groups is 1. The molecule has 0 unspecified atom stereocenters. The molecule has 3 nitrogen and oxygen atoms in total. The zero-order valence-electron chi connectivity index (χ0n) is 11.2. The van der Waals surface area contributed by atoms with Gasteiger partial charge in [0.1, 0.15) is 0 Å². The van der Waals surface area contributed by atoms with Gasteiger partial charge in [0, 0.05) is 24.5 Å². The van der Waals surface area contributed by atoms with Crippen LogP contribution in [0.1, 0.15) is 58.8 Å². The van der Waals surface area contributed by atoms with Crippen LogP contribution in [-0.4, -0.2) is 28.9 Å². The van der Waals surface area contributed by atoms with Crippen LogP contribution in [0.3, 0.4) is 0 Å². The fraction of sp³-hybridized carbons (Fsp3) is 0.929. The first-order chi connectivity index (χ1) is 8.00. The van der Waals surface area contributed by atoms with Crippen molar-refractivity contribution in [3.63, 3.8) is 0 Å². The van der Waals surface area contributed by atoms with Gasteiger partial charge < -0.3 is 10.6 Å². The van der Waals surface area contributed by atoms with Crippen molar-refractivity contribution in [2.45, 2.75) is 70.4 Å². The van der Waals surface area contributed by atoms with Crippen LogP contribution >= 0.6 is 0 Å². The average molecular weight is 238 g/mol. The monoisotopic (exact) mass is 238 g/mol. The van der Waals surface area contributed by atoms with Crippen LogP contribution in [0, 0.1) is 5.92 Å². The first-order valence-corrected chi connectivity index (χ1v) is 7.08. The molecule has 1 heterocycles. The van der Waals surface area contributed by atoms with E-state index < -0.39 is 0 Å². The summed E-state index contributed by atoms with van der Waals surface area (Å²) in [5.41, 5.74) is 6.01. The lowest BCUT2D eigenvalue weighted by Crippen LogP contribution is -2.52. The number of rotatable bonds is 2. The Hall–Kier alpha value is -0.570. The van der Waals surface area contributed by atoms with Crippen molar-refractivity contribution in [1.82, 2.24) is 4.90 Å². The van der Waals surface area contributed by atoms with Gasteiger partial charge in [0.05, 0.1) is 0 Å². The normalized spacial score (nSPS) is 32.8. The van der Waals surface area contributed by atoms with Crippen molar-refractivity contribution < 1.29 is 4.79 Å². The fourth-order valence-electron chi connectivity index (χ4n) is 3.08. The Kier molecular flexibility index (Phi) is 3.76. The maximum atomic E-state index is 12.4. The molecule has 0 aromatic rings. The second kappa shape index (κ2) is 4.97. The Balaban J connectivity index is 1.95. The summed E-state index contributed by atoms with van der Waals surface area (Å²) in [5, 5.41) is 0. The average Bonchev–Trinajstić information content (AvgIpc) is 2.38. The summed E-state index contributed by atoms with van der Waals surface area (Å²) in [5.74, 6) is 0.924. The van der Waals surface area contributed by atoms with Gasteiger partial charge in [-0.3, -0.25) is 4.79 Å². The third-order valence-corrected chi connectivity index (χ3v) is 4.53. The second-order valence-electron chi connectivity index (χ2n) is 6.32. The van der Waals surface area contributed by atoms with E-state index in [4.69, 9.17) is 5.73 Å². The van der Waals surface area contributed by atoms with Gasteiger partial charge in [-0.05, 0) is 44.9 Å². The first-order valence-electron chi connectivity index (χ1n) is 7.08. The lowest BCUT2D eigenvalue weighted by molar-refractivity contribution is -0.135. The van der Waals surface area contributed by atoms with Gasteiger partial charge >= 0.3 is 0 Å². The zero-order chi connectivity index (χ0) is 12.5. The van der Waals surface area contributed by atoms with E-state index in [-0.39, 0.29) is 11.4 Å². The number of carbonyl (C=O) groups excluding carboxylic acids is 1. The van der Waals surface area contributed by atoms with E-state index in [9.17, 15) is 4.79 Å². The Morgan fingerprint density at radius 1 is 1.29 bits per heavy atom. The lowest BCUT2D eigenvalue weighted by Gasteiger charge is -2.40. The number of hydrogen-bond acceptors (Lipinski definition) is 2. The number of amides is 1. The molecule has 0 radical (unpaired) electrons. The molecular formula is C14H26N2O. The van der Waals surface area contributed by atoms with Crippen LogP contribution in [0.25, 0.3) is 0 Å². The Labute approximate surface area is 105 Å². The smallest absolute Gasteiger partial charge is 0.224 e. The standard InChI is InChI=1S/C14H26N2O/c1-11-5-3-6-12(2)16(10-11)13(17)9-14(15)7-4-8-14/h11-12H,3-10,15H2,1-2H3/t11-,12-/m0/s1. The molecule has 2 atom stereocenters. The van der Waals surface area contributed by atoms with Crippen LogP contribution < -0.4 is 5.73 Å². The summed E-state index contributed by atoms with van der Waals surface area (Å²) < 4.78 is 0. The van der Waals surface area contributed by atoms with Crippen molar-refractivity contribution in [2.24, 2.45) is 11.7 Å². The van der Waals surface area contributed by atoms with Gasteiger partial charge in [0.2, 0.25) is 5.91 Å². The van der Waals surface area contributed by atoms with Crippen molar-refractivity contribution in [2.75, 3.05) is 6.54 Å². The minimum Gasteiger partial charge on any atom is -0.340 e. The van der Waals surface area contributed by atoms with Gasteiger partial charge in [-0.15, -0.1) is 0 Å². The van der Waals surface area contributed by atoms with Crippen LogP contribution in [0.5, 0.6) is 0 Å². The maximum absolute atomic E-state index is 12.4. The molecule has 2 fully saturated rings. The molecule has 0 bridgehead atoms. The van der Waals surface area contributed by atoms with Gasteiger partial charge in [-0.1, -0.05) is 13.3 Å². The van der Waals surface area contributed by atoms with Crippen molar-refractivity contribution >= 4 is 5.91 Å². The van der Waals surface area contributed by atoms with Gasteiger partial charge in [-0.25, -0.2) is 0 Å². The van der Waals surface area contributed by atoms with Crippen molar-refractivity contribution in [1.29, 1.82) is 0 Å². The molecule has 98 valence electrons. The molecule has 1 amide bonds. The Morgan fingerprint density at radius 2 is 2.00 bits per heavy atom. The summed E-state index contributed by atoms with van der Waals surface area (Å²) in [4.78, 5) is 14.4. The topological polar surface area (TPSA) is 46.3 Å². The molecule has 2 aliphatic rings. The van der Waals surface area contributed by atoms with Gasteiger partial charge in [0.25, 0.3) is 0 Å². The minimum atomic E-state index is -0.174. The van der Waals surface area contributed by atoms with Crippen molar-refractivity contribution in [3.8, 4) is 0 Å². The number of nitrogens with zero attached hydrogens (tertiary/aromatic N) is 1. The largest absolute Gasteiger partial charge is 0.340 e. The molecule has 17 heavy (non-hydrogen) atoms. The summed E-state index contributed by atoms with van der Waals surface area (Å²) in [7, 11) is 0. The predicted molar refractivity (Wildman–Crippen MR) is 69.6 cm³/mol. The molecule has 1 saturated carbocycles. The highest BCUT2D eigenvalue weighted by molar-refractivity contribution is 5.78. The molecule has 2 rings (SSSR count). The highest BCUT2D eigenvalue weighted by Gasteiger charge is 2.37. The van der Waals surface area contributed by atoms with E-state index in [0.29, 0.717) is 18.4 Å². The zero-order valence-corrected chi connectivity index (χ0v) is 11.2. The highest BCUT2D eigenvalue weighted by atomic mass is 16.2. The van der Waals surface area contributed by atoms with E-state index in [1.54, 1.807) is 0 Å². The maximum Gasteiger partial charge on any atom is 0.224 e. The van der Waals surface area contributed by atoms with Crippen LogP contribution in [-0.2, 0) is 4.79 Å². The Morgan fingerprint density at radius 3 is 2.59 bits per heavy atom. The molecule has 1 aliphatic carbocycles. The summed E-state index contributed by atoms with van der Waals surface area (Å²) >= 11 is 0. The minimum absolute atomic E-state index is 0.174. The van der Waals surface area contributed by atoms with E-state index >= 15 is 0 Å². The molecule has 2 N–H and O–H groups in total. The summed E-state index contributed by atoms with van der Waals surface area (Å²) in [6.07, 6.45) is 7.45. The van der Waals surface area contributed by atoms with E-state index in [2.05, 4.69) is 18.7 Å². The Bertz CT molecular complexity index is 286. The predicted octanol–water partition coefficient (Wildman–Crippen LogP) is 2.30. The number of likely N-dealkylation sites (tertiary alicyclic amines) is 1. The first kappa shape index (κ1) is 12.9. The van der Waals surface area contributed by atoms with Gasteiger partial charge in [0.15, 0.2) is 0 Å².